The molecule has 166 valence electrons. The quantitative estimate of drug-likeness (QED) is 0.399. The van der Waals surface area contributed by atoms with Crippen LogP contribution in [0, 0.1) is 0 Å². The first kappa shape index (κ1) is 23.5. The molecule has 0 radical (unpaired) electrons. The summed E-state index contributed by atoms with van der Waals surface area (Å²) in [6.45, 7) is 3.52. The minimum Gasteiger partial charge on any atom is -0.326 e. The first-order valence-corrected chi connectivity index (χ1v) is 11.9. The van der Waals surface area contributed by atoms with Crippen molar-refractivity contribution < 1.29 is 14.4 Å². The highest BCUT2D eigenvalue weighted by Crippen LogP contribution is 2.23. The summed E-state index contributed by atoms with van der Waals surface area (Å²) in [7, 11) is 0. The SMILES string of the molecule is CCc1ccc(NC(=O)Cc2csc(SCC(=O)Nc3ccc(NC(C)=O)cc3)n2)cc1. The van der Waals surface area contributed by atoms with E-state index in [1.54, 1.807) is 24.3 Å². The number of anilines is 3. The Kier molecular flexibility index (Phi) is 8.41. The van der Waals surface area contributed by atoms with Crippen LogP contribution >= 0.6 is 23.1 Å². The van der Waals surface area contributed by atoms with Gasteiger partial charge >= 0.3 is 0 Å². The lowest BCUT2D eigenvalue weighted by Gasteiger charge is -2.06. The molecular formula is C23H24N4O3S2. The van der Waals surface area contributed by atoms with Gasteiger partial charge in [-0.25, -0.2) is 4.98 Å². The van der Waals surface area contributed by atoms with Crippen molar-refractivity contribution in [3.63, 3.8) is 0 Å². The summed E-state index contributed by atoms with van der Waals surface area (Å²) >= 11 is 2.73. The summed E-state index contributed by atoms with van der Waals surface area (Å²) in [6.07, 6.45) is 1.13. The van der Waals surface area contributed by atoms with Gasteiger partial charge in [0.15, 0.2) is 4.34 Å². The summed E-state index contributed by atoms with van der Waals surface area (Å²) in [4.78, 5) is 39.9. The highest BCUT2D eigenvalue weighted by Gasteiger charge is 2.11. The number of rotatable bonds is 9. The summed E-state index contributed by atoms with van der Waals surface area (Å²) in [6, 6.07) is 14.7. The van der Waals surface area contributed by atoms with Gasteiger partial charge in [-0.2, -0.15) is 0 Å². The van der Waals surface area contributed by atoms with Gasteiger partial charge in [-0.1, -0.05) is 30.8 Å². The van der Waals surface area contributed by atoms with E-state index in [0.29, 0.717) is 17.1 Å². The van der Waals surface area contributed by atoms with E-state index in [2.05, 4.69) is 27.9 Å². The number of amides is 3. The molecule has 0 unspecified atom stereocenters. The molecule has 0 fully saturated rings. The second-order valence-corrected chi connectivity index (χ2v) is 9.06. The first-order chi connectivity index (χ1) is 15.4. The maximum atomic E-state index is 12.3. The van der Waals surface area contributed by atoms with Gasteiger partial charge < -0.3 is 16.0 Å². The second kappa shape index (κ2) is 11.4. The average Bonchev–Trinajstić information content (AvgIpc) is 3.21. The van der Waals surface area contributed by atoms with E-state index in [4.69, 9.17) is 0 Å². The van der Waals surface area contributed by atoms with Crippen LogP contribution in [-0.2, 0) is 27.2 Å². The van der Waals surface area contributed by atoms with Gasteiger partial charge in [-0.15, -0.1) is 11.3 Å². The summed E-state index contributed by atoms with van der Waals surface area (Å²) in [5.41, 5.74) is 3.97. The number of aromatic nitrogens is 1. The molecule has 2 aromatic carbocycles. The molecule has 0 aliphatic carbocycles. The molecule has 0 aliphatic rings. The molecule has 3 N–H and O–H groups in total. The molecule has 0 spiro atoms. The van der Waals surface area contributed by atoms with Crippen LogP contribution in [0.3, 0.4) is 0 Å². The van der Waals surface area contributed by atoms with Crippen LogP contribution in [0.2, 0.25) is 0 Å². The van der Waals surface area contributed by atoms with Gasteiger partial charge in [0.2, 0.25) is 17.7 Å². The van der Waals surface area contributed by atoms with Crippen molar-refractivity contribution in [1.29, 1.82) is 0 Å². The molecule has 1 heterocycles. The number of nitrogens with zero attached hydrogens (tertiary/aromatic N) is 1. The largest absolute Gasteiger partial charge is 0.326 e. The number of benzene rings is 2. The van der Waals surface area contributed by atoms with Crippen LogP contribution in [-0.4, -0.2) is 28.5 Å². The Morgan fingerprint density at radius 3 is 2.03 bits per heavy atom. The Balaban J connectivity index is 1.43. The van der Waals surface area contributed by atoms with Crippen LogP contribution in [0.25, 0.3) is 0 Å². The third-order valence-corrected chi connectivity index (χ3v) is 6.40. The first-order valence-electron chi connectivity index (χ1n) is 10.0. The highest BCUT2D eigenvalue weighted by atomic mass is 32.2. The Morgan fingerprint density at radius 1 is 0.875 bits per heavy atom. The fourth-order valence-corrected chi connectivity index (χ4v) is 4.44. The molecule has 3 amide bonds. The van der Waals surface area contributed by atoms with Gasteiger partial charge in [0, 0.05) is 29.4 Å². The van der Waals surface area contributed by atoms with Crippen molar-refractivity contribution >= 4 is 57.9 Å². The van der Waals surface area contributed by atoms with Crippen molar-refractivity contribution in [3.05, 3.63) is 65.2 Å². The maximum Gasteiger partial charge on any atom is 0.234 e. The smallest absolute Gasteiger partial charge is 0.234 e. The van der Waals surface area contributed by atoms with Gasteiger partial charge in [0.25, 0.3) is 0 Å². The zero-order valence-electron chi connectivity index (χ0n) is 17.8. The molecule has 9 heteroatoms. The standard InChI is InChI=1S/C23H24N4O3S2/c1-3-16-4-6-18(7-5-16)25-21(29)12-20-13-31-23(27-20)32-14-22(30)26-19-10-8-17(9-11-19)24-15(2)28/h4-11,13H,3,12,14H2,1-2H3,(H,24,28)(H,25,29)(H,26,30). The third kappa shape index (κ3) is 7.51. The number of hydrogen-bond acceptors (Lipinski definition) is 6. The molecule has 0 saturated carbocycles. The van der Waals surface area contributed by atoms with Crippen molar-refractivity contribution in [2.24, 2.45) is 0 Å². The molecule has 0 bridgehead atoms. The summed E-state index contributed by atoms with van der Waals surface area (Å²) in [5.74, 6) is -0.232. The Hall–Kier alpha value is -3.17. The number of aryl methyl sites for hydroxylation is 1. The average molecular weight is 469 g/mol. The van der Waals surface area contributed by atoms with Crippen LogP contribution in [0.15, 0.2) is 58.3 Å². The minimum atomic E-state index is -0.160. The monoisotopic (exact) mass is 468 g/mol. The zero-order chi connectivity index (χ0) is 22.9. The molecule has 7 nitrogen and oxygen atoms in total. The van der Waals surface area contributed by atoms with E-state index >= 15 is 0 Å². The Morgan fingerprint density at radius 2 is 1.44 bits per heavy atom. The molecule has 3 rings (SSSR count). The van der Waals surface area contributed by atoms with Gasteiger partial charge in [0.05, 0.1) is 17.9 Å². The molecular weight excluding hydrogens is 444 g/mol. The highest BCUT2D eigenvalue weighted by molar-refractivity contribution is 8.01. The normalized spacial score (nSPS) is 10.4. The van der Waals surface area contributed by atoms with Crippen LogP contribution in [0.1, 0.15) is 25.1 Å². The lowest BCUT2D eigenvalue weighted by molar-refractivity contribution is -0.116. The number of nitrogens with one attached hydrogen (secondary N) is 3. The lowest BCUT2D eigenvalue weighted by Crippen LogP contribution is -2.15. The Labute approximate surface area is 195 Å². The predicted molar refractivity (Wildman–Crippen MR) is 130 cm³/mol. The van der Waals surface area contributed by atoms with E-state index in [-0.39, 0.29) is 29.9 Å². The van der Waals surface area contributed by atoms with Crippen LogP contribution < -0.4 is 16.0 Å². The summed E-state index contributed by atoms with van der Waals surface area (Å²) < 4.78 is 0.733. The number of hydrogen-bond donors (Lipinski definition) is 3. The summed E-state index contributed by atoms with van der Waals surface area (Å²) in [5, 5.41) is 10.2. The molecule has 1 aromatic heterocycles. The van der Waals surface area contributed by atoms with Crippen molar-refractivity contribution in [1.82, 2.24) is 4.98 Å². The molecule has 32 heavy (non-hydrogen) atoms. The predicted octanol–water partition coefficient (Wildman–Crippen LogP) is 4.58. The number of carbonyl (C=O) groups excluding carboxylic acids is 3. The van der Waals surface area contributed by atoms with Gasteiger partial charge in [0.1, 0.15) is 0 Å². The Bertz CT molecular complexity index is 1080. The molecule has 0 aliphatic heterocycles. The van der Waals surface area contributed by atoms with Crippen LogP contribution in [0.4, 0.5) is 17.1 Å². The lowest BCUT2D eigenvalue weighted by atomic mass is 10.1. The topological polar surface area (TPSA) is 100 Å². The number of thiazole rings is 1. The van der Waals surface area contributed by atoms with E-state index in [1.807, 2.05) is 29.6 Å². The number of carbonyl (C=O) groups is 3. The van der Waals surface area contributed by atoms with E-state index in [9.17, 15) is 14.4 Å². The number of thioether (sulfide) groups is 1. The molecule has 0 atom stereocenters. The zero-order valence-corrected chi connectivity index (χ0v) is 19.4. The van der Waals surface area contributed by atoms with Gasteiger partial charge in [-0.3, -0.25) is 14.4 Å². The fourth-order valence-electron chi connectivity index (χ4n) is 2.79. The van der Waals surface area contributed by atoms with E-state index in [1.165, 1.54) is 35.6 Å². The van der Waals surface area contributed by atoms with Gasteiger partial charge in [-0.05, 0) is 48.4 Å². The van der Waals surface area contributed by atoms with Crippen molar-refractivity contribution in [2.75, 3.05) is 21.7 Å². The van der Waals surface area contributed by atoms with Crippen molar-refractivity contribution in [3.8, 4) is 0 Å². The minimum absolute atomic E-state index is 0.128. The van der Waals surface area contributed by atoms with E-state index in [0.717, 1.165) is 16.4 Å². The van der Waals surface area contributed by atoms with E-state index < -0.39 is 0 Å². The third-order valence-electron chi connectivity index (χ3n) is 4.33. The second-order valence-electron chi connectivity index (χ2n) is 6.98. The van der Waals surface area contributed by atoms with Crippen molar-refractivity contribution in [2.45, 2.75) is 31.0 Å². The van der Waals surface area contributed by atoms with Crippen LogP contribution in [0.5, 0.6) is 0 Å². The fraction of sp³-hybridized carbons (Fsp3) is 0.217. The maximum absolute atomic E-state index is 12.3. The molecule has 0 saturated heterocycles. The molecule has 3 aromatic rings.